The summed E-state index contributed by atoms with van der Waals surface area (Å²) in [6.07, 6.45) is 2.25. The number of rotatable bonds is 1. The molecule has 0 spiro atoms. The predicted molar refractivity (Wildman–Crippen MR) is 83.9 cm³/mol. The monoisotopic (exact) mass is 314 g/mol. The summed E-state index contributed by atoms with van der Waals surface area (Å²) in [6, 6.07) is 6.20. The Morgan fingerprint density at radius 2 is 2.20 bits per heavy atom. The van der Waals surface area contributed by atoms with Crippen LogP contribution >= 0.6 is 24.0 Å². The first-order chi connectivity index (χ1) is 9.15. The number of carbonyl (C=O) groups is 1. The molecule has 2 unspecified atom stereocenters. The largest absolute Gasteiger partial charge is 0.338 e. The van der Waals surface area contributed by atoms with Gasteiger partial charge in [-0.3, -0.25) is 4.79 Å². The number of halogens is 2. The summed E-state index contributed by atoms with van der Waals surface area (Å²) >= 11 is 6.11. The molecule has 1 N–H and O–H groups in total. The highest BCUT2D eigenvalue weighted by Crippen LogP contribution is 2.26. The first kappa shape index (κ1) is 15.6. The molecule has 3 rings (SSSR count). The number of aryl methyl sites for hydroxylation is 1. The summed E-state index contributed by atoms with van der Waals surface area (Å²) in [5.74, 6) is 0.742. The number of fused-ring (bicyclic) bond motifs is 1. The zero-order chi connectivity index (χ0) is 13.4. The Morgan fingerprint density at radius 1 is 1.40 bits per heavy atom. The number of hydrogen-bond donors (Lipinski definition) is 1. The average molecular weight is 315 g/mol. The van der Waals surface area contributed by atoms with Crippen LogP contribution in [0, 0.1) is 12.8 Å². The van der Waals surface area contributed by atoms with Crippen molar-refractivity contribution in [3.05, 3.63) is 34.3 Å². The van der Waals surface area contributed by atoms with Gasteiger partial charge in [0.2, 0.25) is 0 Å². The molecule has 0 aliphatic carbocycles. The van der Waals surface area contributed by atoms with Crippen molar-refractivity contribution in [1.29, 1.82) is 0 Å². The van der Waals surface area contributed by atoms with Gasteiger partial charge in [-0.05, 0) is 49.9 Å². The van der Waals surface area contributed by atoms with E-state index < -0.39 is 0 Å². The zero-order valence-corrected chi connectivity index (χ0v) is 13.1. The summed E-state index contributed by atoms with van der Waals surface area (Å²) < 4.78 is 0. The Balaban J connectivity index is 0.00000147. The lowest BCUT2D eigenvalue weighted by Crippen LogP contribution is -2.46. The number of likely N-dealkylation sites (tertiary alicyclic amines) is 1. The fraction of sp³-hybridized carbons (Fsp3) is 0.533. The molecule has 0 radical (unpaired) electrons. The number of carbonyl (C=O) groups excluding carboxylic acids is 1. The number of nitrogens with zero attached hydrogens (tertiary/aromatic N) is 1. The third-order valence-electron chi connectivity index (χ3n) is 4.36. The lowest BCUT2D eigenvalue weighted by atomic mass is 9.93. The molecule has 2 fully saturated rings. The molecule has 0 aromatic heterocycles. The van der Waals surface area contributed by atoms with E-state index in [1.807, 2.05) is 24.0 Å². The molecule has 5 heteroatoms. The molecule has 2 aliphatic heterocycles. The van der Waals surface area contributed by atoms with Crippen molar-refractivity contribution < 1.29 is 4.79 Å². The zero-order valence-electron chi connectivity index (χ0n) is 11.6. The molecule has 2 aliphatic rings. The Morgan fingerprint density at radius 3 is 2.95 bits per heavy atom. The van der Waals surface area contributed by atoms with Crippen molar-refractivity contribution in [2.75, 3.05) is 19.6 Å². The second kappa shape index (κ2) is 6.33. The Labute approximate surface area is 131 Å². The molecule has 2 atom stereocenters. The van der Waals surface area contributed by atoms with Crippen molar-refractivity contribution >= 4 is 29.9 Å². The predicted octanol–water partition coefficient (Wildman–Crippen LogP) is 2.89. The van der Waals surface area contributed by atoms with Crippen LogP contribution in [0.3, 0.4) is 0 Å². The summed E-state index contributed by atoms with van der Waals surface area (Å²) in [5.41, 5.74) is 1.72. The highest BCUT2D eigenvalue weighted by molar-refractivity contribution is 6.31. The van der Waals surface area contributed by atoms with E-state index in [-0.39, 0.29) is 18.3 Å². The van der Waals surface area contributed by atoms with Gasteiger partial charge in [-0.25, -0.2) is 0 Å². The topological polar surface area (TPSA) is 32.3 Å². The van der Waals surface area contributed by atoms with Crippen LogP contribution in [-0.4, -0.2) is 36.5 Å². The smallest absolute Gasteiger partial charge is 0.253 e. The lowest BCUT2D eigenvalue weighted by molar-refractivity contribution is 0.0662. The summed E-state index contributed by atoms with van der Waals surface area (Å²) in [7, 11) is 0. The van der Waals surface area contributed by atoms with Gasteiger partial charge in [0, 0.05) is 29.7 Å². The number of benzene rings is 1. The van der Waals surface area contributed by atoms with Gasteiger partial charge in [-0.2, -0.15) is 0 Å². The minimum Gasteiger partial charge on any atom is -0.338 e. The average Bonchev–Trinajstić information content (AvgIpc) is 2.88. The van der Waals surface area contributed by atoms with E-state index in [2.05, 4.69) is 5.32 Å². The molecular weight excluding hydrogens is 295 g/mol. The van der Waals surface area contributed by atoms with Gasteiger partial charge in [0.25, 0.3) is 5.91 Å². The molecule has 2 heterocycles. The maximum atomic E-state index is 12.5. The number of piperidine rings is 1. The molecule has 110 valence electrons. The van der Waals surface area contributed by atoms with E-state index in [4.69, 9.17) is 11.6 Å². The summed E-state index contributed by atoms with van der Waals surface area (Å²) in [5, 5.41) is 4.18. The highest BCUT2D eigenvalue weighted by atomic mass is 35.5. The van der Waals surface area contributed by atoms with Crippen LogP contribution in [0.4, 0.5) is 0 Å². The SMILES string of the molecule is Cc1ccc(C(=O)N2CCC3NCCC3C2)cc1Cl.Cl. The highest BCUT2D eigenvalue weighted by Gasteiger charge is 2.34. The minimum atomic E-state index is 0. The van der Waals surface area contributed by atoms with Crippen LogP contribution in [0.1, 0.15) is 28.8 Å². The maximum absolute atomic E-state index is 12.5. The van der Waals surface area contributed by atoms with E-state index in [1.54, 1.807) is 6.07 Å². The number of nitrogens with one attached hydrogen (secondary N) is 1. The Hall–Kier alpha value is -0.770. The van der Waals surface area contributed by atoms with Gasteiger partial charge in [-0.1, -0.05) is 17.7 Å². The van der Waals surface area contributed by atoms with Crippen LogP contribution in [0.25, 0.3) is 0 Å². The van der Waals surface area contributed by atoms with Gasteiger partial charge in [0.15, 0.2) is 0 Å². The number of amides is 1. The first-order valence-electron chi connectivity index (χ1n) is 6.94. The van der Waals surface area contributed by atoms with Gasteiger partial charge < -0.3 is 10.2 Å². The normalized spacial score (nSPS) is 25.0. The standard InChI is InChI=1S/C15H19ClN2O.ClH/c1-10-2-3-11(8-13(10)16)15(19)18-7-5-14-12(9-18)4-6-17-14;/h2-3,8,12,14,17H,4-7,9H2,1H3;1H. The third kappa shape index (κ3) is 2.95. The fourth-order valence-corrected chi connectivity index (χ4v) is 3.32. The van der Waals surface area contributed by atoms with Gasteiger partial charge in [0.05, 0.1) is 0 Å². The Kier molecular flexibility index (Phi) is 4.95. The molecule has 0 saturated carbocycles. The third-order valence-corrected chi connectivity index (χ3v) is 4.77. The molecule has 2 saturated heterocycles. The van der Waals surface area contributed by atoms with E-state index in [9.17, 15) is 4.79 Å². The molecule has 1 aromatic rings. The molecule has 20 heavy (non-hydrogen) atoms. The van der Waals surface area contributed by atoms with Gasteiger partial charge >= 0.3 is 0 Å². The number of hydrogen-bond acceptors (Lipinski definition) is 2. The molecular formula is C15H20Cl2N2O. The van der Waals surface area contributed by atoms with E-state index in [0.29, 0.717) is 22.5 Å². The lowest BCUT2D eigenvalue weighted by Gasteiger charge is -2.35. The second-order valence-corrected chi connectivity index (χ2v) is 6.02. The van der Waals surface area contributed by atoms with Gasteiger partial charge in [-0.15, -0.1) is 12.4 Å². The van der Waals surface area contributed by atoms with Crippen LogP contribution in [0.15, 0.2) is 18.2 Å². The Bertz CT molecular complexity index is 507. The van der Waals surface area contributed by atoms with Crippen molar-refractivity contribution in [2.45, 2.75) is 25.8 Å². The second-order valence-electron chi connectivity index (χ2n) is 5.61. The van der Waals surface area contributed by atoms with Crippen LogP contribution in [0.2, 0.25) is 5.02 Å². The van der Waals surface area contributed by atoms with Crippen molar-refractivity contribution in [2.24, 2.45) is 5.92 Å². The summed E-state index contributed by atoms with van der Waals surface area (Å²) in [6.45, 7) is 4.76. The van der Waals surface area contributed by atoms with Crippen LogP contribution in [0.5, 0.6) is 0 Å². The van der Waals surface area contributed by atoms with Crippen LogP contribution < -0.4 is 5.32 Å². The first-order valence-corrected chi connectivity index (χ1v) is 7.32. The molecule has 1 amide bonds. The molecule has 0 bridgehead atoms. The maximum Gasteiger partial charge on any atom is 0.253 e. The molecule has 3 nitrogen and oxygen atoms in total. The van der Waals surface area contributed by atoms with Crippen molar-refractivity contribution in [3.8, 4) is 0 Å². The quantitative estimate of drug-likeness (QED) is 0.864. The van der Waals surface area contributed by atoms with E-state index in [1.165, 1.54) is 6.42 Å². The fourth-order valence-electron chi connectivity index (χ4n) is 3.14. The summed E-state index contributed by atoms with van der Waals surface area (Å²) in [4.78, 5) is 14.5. The van der Waals surface area contributed by atoms with Gasteiger partial charge in [0.1, 0.15) is 0 Å². The van der Waals surface area contributed by atoms with E-state index in [0.717, 1.165) is 31.6 Å². The minimum absolute atomic E-state index is 0. The van der Waals surface area contributed by atoms with E-state index >= 15 is 0 Å². The van der Waals surface area contributed by atoms with Crippen molar-refractivity contribution in [1.82, 2.24) is 10.2 Å². The van der Waals surface area contributed by atoms with Crippen LogP contribution in [-0.2, 0) is 0 Å². The van der Waals surface area contributed by atoms with Crippen molar-refractivity contribution in [3.63, 3.8) is 0 Å². The molecule has 1 aromatic carbocycles.